The normalized spacial score (nSPS) is 10.7. The highest BCUT2D eigenvalue weighted by atomic mass is 127. The Morgan fingerprint density at radius 2 is 1.86 bits per heavy atom. The molecule has 0 bridgehead atoms. The van der Waals surface area contributed by atoms with Crippen LogP contribution in [-0.2, 0) is 0 Å². The number of hydrogen-bond donors (Lipinski definition) is 2. The summed E-state index contributed by atoms with van der Waals surface area (Å²) in [5, 5.41) is 4.10. The fraction of sp³-hybridized carbons (Fsp3) is 0.115. The van der Waals surface area contributed by atoms with Crippen molar-refractivity contribution in [1.29, 1.82) is 0 Å². The summed E-state index contributed by atoms with van der Waals surface area (Å²) in [6.45, 7) is 0. The summed E-state index contributed by atoms with van der Waals surface area (Å²) in [5.41, 5.74) is 8.65. The first-order valence-corrected chi connectivity index (χ1v) is 12.5. The fourth-order valence-corrected chi connectivity index (χ4v) is 5.23. The van der Waals surface area contributed by atoms with Crippen LogP contribution in [0.4, 0.5) is 11.4 Å². The van der Waals surface area contributed by atoms with Gasteiger partial charge in [-0.25, -0.2) is 0 Å². The van der Waals surface area contributed by atoms with E-state index in [1.54, 1.807) is 43.9 Å². The Morgan fingerprint density at radius 1 is 1.09 bits per heavy atom. The first kappa shape index (κ1) is 24.8. The molecule has 0 unspecified atom stereocenters. The van der Waals surface area contributed by atoms with E-state index >= 15 is 0 Å². The molecular weight excluding hydrogens is 575 g/mol. The molecule has 0 aliphatic heterocycles. The number of rotatable bonds is 7. The van der Waals surface area contributed by atoms with Crippen LogP contribution in [0.1, 0.15) is 20.7 Å². The number of pyridine rings is 1. The van der Waals surface area contributed by atoms with E-state index in [2.05, 4.69) is 32.9 Å². The third kappa shape index (κ3) is 5.51. The number of anilines is 2. The molecule has 178 valence electrons. The van der Waals surface area contributed by atoms with Crippen LogP contribution in [0.2, 0.25) is 0 Å². The van der Waals surface area contributed by atoms with Gasteiger partial charge in [-0.1, -0.05) is 23.9 Å². The summed E-state index contributed by atoms with van der Waals surface area (Å²) in [7, 11) is 5.07. The summed E-state index contributed by atoms with van der Waals surface area (Å²) in [6.07, 6.45) is 1.49. The number of nitrogens with two attached hydrogens (primary N) is 1. The van der Waals surface area contributed by atoms with Crippen molar-refractivity contribution in [2.24, 2.45) is 5.73 Å². The van der Waals surface area contributed by atoms with Crippen LogP contribution in [-0.4, -0.2) is 42.9 Å². The Labute approximate surface area is 221 Å². The molecule has 0 fully saturated rings. The molecule has 0 aliphatic carbocycles. The minimum Gasteiger partial charge on any atom is -0.497 e. The lowest BCUT2D eigenvalue weighted by Crippen LogP contribution is -2.21. The summed E-state index contributed by atoms with van der Waals surface area (Å²) >= 11 is 3.82. The Kier molecular flexibility index (Phi) is 7.46. The third-order valence-electron chi connectivity index (χ3n) is 5.24. The number of methoxy groups -OCH3 is 1. The van der Waals surface area contributed by atoms with Crippen molar-refractivity contribution in [3.8, 4) is 5.75 Å². The highest BCUT2D eigenvalue weighted by Crippen LogP contribution is 2.38. The highest BCUT2D eigenvalue weighted by Gasteiger charge is 2.17. The van der Waals surface area contributed by atoms with Crippen LogP contribution in [0, 0.1) is 3.57 Å². The van der Waals surface area contributed by atoms with Gasteiger partial charge in [0.2, 0.25) is 0 Å². The number of hydrogen-bond acceptors (Lipinski definition) is 6. The molecule has 9 heteroatoms. The predicted octanol–water partition coefficient (Wildman–Crippen LogP) is 5.54. The van der Waals surface area contributed by atoms with Gasteiger partial charge in [-0.15, -0.1) is 0 Å². The SMILES string of the molecule is COc1cccc(Nc2c(C(N)=O)cnc3cc(Sc4cccc(C(=O)N(C)C)c4)c(I)cc23)c1. The van der Waals surface area contributed by atoms with Gasteiger partial charge in [0.15, 0.2) is 0 Å². The number of carbonyl (C=O) groups is 2. The standard InChI is InChI=1S/C26H23IN4O3S/c1-31(2)26(33)15-6-4-9-18(10-15)35-23-13-22-19(12-21(23)27)24(20(14-29-22)25(28)32)30-16-7-5-8-17(11-16)34-3/h4-14H,1-3H3,(H2,28,32)(H,29,30). The largest absolute Gasteiger partial charge is 0.497 e. The molecule has 0 spiro atoms. The predicted molar refractivity (Wildman–Crippen MR) is 148 cm³/mol. The molecule has 3 N–H and O–H groups in total. The molecule has 4 rings (SSSR count). The van der Waals surface area contributed by atoms with Crippen LogP contribution < -0.4 is 15.8 Å². The van der Waals surface area contributed by atoms with Crippen molar-refractivity contribution in [3.63, 3.8) is 0 Å². The summed E-state index contributed by atoms with van der Waals surface area (Å²) in [5.74, 6) is 0.0763. The first-order valence-electron chi connectivity index (χ1n) is 10.6. The number of ether oxygens (including phenoxy) is 1. The zero-order valence-corrected chi connectivity index (χ0v) is 22.3. The van der Waals surface area contributed by atoms with Crippen LogP contribution in [0.15, 0.2) is 76.7 Å². The number of nitrogens with zero attached hydrogens (tertiary/aromatic N) is 2. The lowest BCUT2D eigenvalue weighted by atomic mass is 10.1. The number of benzene rings is 3. The number of halogens is 1. The molecule has 0 aliphatic rings. The molecule has 2 amide bonds. The smallest absolute Gasteiger partial charge is 0.253 e. The van der Waals surface area contributed by atoms with Crippen LogP contribution in [0.3, 0.4) is 0 Å². The van der Waals surface area contributed by atoms with E-state index in [1.165, 1.54) is 6.20 Å². The number of nitrogens with one attached hydrogen (secondary N) is 1. The maximum absolute atomic E-state index is 12.4. The molecule has 3 aromatic carbocycles. The number of carbonyl (C=O) groups excluding carboxylic acids is 2. The van der Waals surface area contributed by atoms with Gasteiger partial charge in [-0.05, 0) is 65.1 Å². The Balaban J connectivity index is 1.75. The molecule has 0 saturated heterocycles. The van der Waals surface area contributed by atoms with E-state index in [-0.39, 0.29) is 5.91 Å². The average molecular weight is 598 g/mol. The zero-order valence-electron chi connectivity index (χ0n) is 19.3. The molecular formula is C26H23IN4O3S. The van der Waals surface area contributed by atoms with Crippen LogP contribution >= 0.6 is 34.4 Å². The van der Waals surface area contributed by atoms with E-state index in [0.717, 1.165) is 24.4 Å². The van der Waals surface area contributed by atoms with E-state index in [0.29, 0.717) is 28.1 Å². The summed E-state index contributed by atoms with van der Waals surface area (Å²) < 4.78 is 6.29. The lowest BCUT2D eigenvalue weighted by Gasteiger charge is -2.15. The number of amides is 2. The zero-order chi connectivity index (χ0) is 25.1. The second-order valence-electron chi connectivity index (χ2n) is 7.90. The number of primary amides is 1. The van der Waals surface area contributed by atoms with Gasteiger partial charge in [0, 0.05) is 56.4 Å². The minimum absolute atomic E-state index is 0.0467. The fourth-order valence-electron chi connectivity index (χ4n) is 3.52. The minimum atomic E-state index is -0.569. The molecule has 0 atom stereocenters. The summed E-state index contributed by atoms with van der Waals surface area (Å²) in [6, 6.07) is 18.9. The van der Waals surface area contributed by atoms with Crippen molar-refractivity contribution in [2.45, 2.75) is 9.79 Å². The molecule has 1 heterocycles. The van der Waals surface area contributed by atoms with Crippen LogP contribution in [0.25, 0.3) is 10.9 Å². The maximum Gasteiger partial charge on any atom is 0.253 e. The lowest BCUT2D eigenvalue weighted by molar-refractivity contribution is 0.0827. The summed E-state index contributed by atoms with van der Waals surface area (Å²) in [4.78, 5) is 32.5. The van der Waals surface area contributed by atoms with Crippen molar-refractivity contribution < 1.29 is 14.3 Å². The van der Waals surface area contributed by atoms with Gasteiger partial charge in [0.05, 0.1) is 23.9 Å². The number of aromatic nitrogens is 1. The van der Waals surface area contributed by atoms with Crippen molar-refractivity contribution >= 4 is 68.4 Å². The topological polar surface area (TPSA) is 97.5 Å². The first-order chi connectivity index (χ1) is 16.8. The quantitative estimate of drug-likeness (QED) is 0.271. The third-order valence-corrected chi connectivity index (χ3v) is 7.55. The second-order valence-corrected chi connectivity index (χ2v) is 10.2. The van der Waals surface area contributed by atoms with Gasteiger partial charge in [-0.2, -0.15) is 0 Å². The second kappa shape index (κ2) is 10.5. The van der Waals surface area contributed by atoms with Crippen molar-refractivity contribution in [3.05, 3.63) is 81.6 Å². The molecule has 0 saturated carbocycles. The molecule has 4 aromatic rings. The Hall–Kier alpha value is -3.31. The van der Waals surface area contributed by atoms with Crippen molar-refractivity contribution in [2.75, 3.05) is 26.5 Å². The van der Waals surface area contributed by atoms with Gasteiger partial charge >= 0.3 is 0 Å². The van der Waals surface area contributed by atoms with E-state index in [1.807, 2.05) is 54.6 Å². The Bertz CT molecular complexity index is 1440. The molecule has 7 nitrogen and oxygen atoms in total. The van der Waals surface area contributed by atoms with Gasteiger partial charge in [0.25, 0.3) is 11.8 Å². The van der Waals surface area contributed by atoms with Gasteiger partial charge < -0.3 is 20.7 Å². The monoisotopic (exact) mass is 598 g/mol. The molecule has 35 heavy (non-hydrogen) atoms. The van der Waals surface area contributed by atoms with E-state index in [9.17, 15) is 9.59 Å². The van der Waals surface area contributed by atoms with Crippen molar-refractivity contribution in [1.82, 2.24) is 9.88 Å². The Morgan fingerprint density at radius 3 is 2.57 bits per heavy atom. The molecule has 0 radical (unpaired) electrons. The van der Waals surface area contributed by atoms with Gasteiger partial charge in [-0.3, -0.25) is 14.6 Å². The highest BCUT2D eigenvalue weighted by molar-refractivity contribution is 14.1. The average Bonchev–Trinajstić information content (AvgIpc) is 2.84. The maximum atomic E-state index is 12.4. The van der Waals surface area contributed by atoms with Gasteiger partial charge in [0.1, 0.15) is 5.75 Å². The van der Waals surface area contributed by atoms with E-state index in [4.69, 9.17) is 10.5 Å². The van der Waals surface area contributed by atoms with Crippen LogP contribution in [0.5, 0.6) is 5.75 Å². The van der Waals surface area contributed by atoms with E-state index < -0.39 is 5.91 Å². The number of fused-ring (bicyclic) bond motifs is 1. The molecule has 1 aromatic heterocycles.